The summed E-state index contributed by atoms with van der Waals surface area (Å²) >= 11 is 0. The second-order valence-electron chi connectivity index (χ2n) is 7.53. The van der Waals surface area contributed by atoms with E-state index in [1.54, 1.807) is 0 Å². The van der Waals surface area contributed by atoms with Crippen molar-refractivity contribution in [2.24, 2.45) is 0 Å². The summed E-state index contributed by atoms with van der Waals surface area (Å²) in [7, 11) is 0. The van der Waals surface area contributed by atoms with Crippen molar-refractivity contribution in [2.75, 3.05) is 36.8 Å². The number of nitrogens with one attached hydrogen (secondary N) is 1. The van der Waals surface area contributed by atoms with Gasteiger partial charge in [-0.15, -0.1) is 0 Å². The number of rotatable bonds is 14. The number of hydrogen-bond donors (Lipinski definition) is 2. The molecule has 0 aliphatic heterocycles. The van der Waals surface area contributed by atoms with Gasteiger partial charge < -0.3 is 10.6 Å². The number of nitrogen functional groups attached to an aromatic ring is 1. The molecular formula is C21H39N5O3. The smallest absolute Gasteiger partial charge is 0.330 e. The van der Waals surface area contributed by atoms with E-state index < -0.39 is 11.2 Å². The molecule has 166 valence electrons. The topological polar surface area (TPSA) is 104 Å². The minimum atomic E-state index is -0.595. The number of anilines is 2. The van der Waals surface area contributed by atoms with Crippen LogP contribution in [0.25, 0.3) is 0 Å². The van der Waals surface area contributed by atoms with Crippen LogP contribution >= 0.6 is 0 Å². The number of hydrogen-bond acceptors (Lipinski definition) is 5. The number of amides is 1. The molecule has 0 aliphatic carbocycles. The summed E-state index contributed by atoms with van der Waals surface area (Å²) in [4.78, 5) is 44.0. The van der Waals surface area contributed by atoms with E-state index in [4.69, 9.17) is 5.73 Å². The zero-order chi connectivity index (χ0) is 21.8. The lowest BCUT2D eigenvalue weighted by Crippen LogP contribution is -2.46. The monoisotopic (exact) mass is 409 g/mol. The first-order valence-corrected chi connectivity index (χ1v) is 11.1. The zero-order valence-corrected chi connectivity index (χ0v) is 18.6. The van der Waals surface area contributed by atoms with Crippen molar-refractivity contribution in [3.63, 3.8) is 0 Å². The highest BCUT2D eigenvalue weighted by Gasteiger charge is 2.25. The molecule has 8 nitrogen and oxygen atoms in total. The maximum absolute atomic E-state index is 13.2. The first kappa shape index (κ1) is 24.9. The normalized spacial score (nSPS) is 11.2. The lowest BCUT2D eigenvalue weighted by Gasteiger charge is -2.28. The fourth-order valence-corrected chi connectivity index (χ4v) is 3.44. The first-order chi connectivity index (χ1) is 13.9. The van der Waals surface area contributed by atoms with Gasteiger partial charge in [-0.1, -0.05) is 47.0 Å². The quantitative estimate of drug-likeness (QED) is 0.460. The molecule has 0 aliphatic rings. The SMILES string of the molecule is CCCCCN(C(=O)CN(CCC)CCC)c1c(N)n(CCCC)c(=O)[nH]c1=O. The second kappa shape index (κ2) is 13.2. The molecular weight excluding hydrogens is 370 g/mol. The van der Waals surface area contributed by atoms with Crippen LogP contribution in [0, 0.1) is 0 Å². The van der Waals surface area contributed by atoms with E-state index in [1.165, 1.54) is 9.47 Å². The highest BCUT2D eigenvalue weighted by atomic mass is 16.2. The van der Waals surface area contributed by atoms with Crippen LogP contribution in [0.5, 0.6) is 0 Å². The largest absolute Gasteiger partial charge is 0.383 e. The summed E-state index contributed by atoms with van der Waals surface area (Å²) < 4.78 is 1.37. The van der Waals surface area contributed by atoms with Gasteiger partial charge >= 0.3 is 5.69 Å². The maximum Gasteiger partial charge on any atom is 0.330 e. The Morgan fingerprint density at radius 1 is 0.931 bits per heavy atom. The lowest BCUT2D eigenvalue weighted by molar-refractivity contribution is -0.119. The van der Waals surface area contributed by atoms with Gasteiger partial charge in [-0.05, 0) is 38.8 Å². The number of nitrogens with two attached hydrogens (primary N) is 1. The molecule has 0 radical (unpaired) electrons. The summed E-state index contributed by atoms with van der Waals surface area (Å²) in [6.07, 6.45) is 6.28. The van der Waals surface area contributed by atoms with Gasteiger partial charge in [0.1, 0.15) is 5.82 Å². The molecule has 0 unspecified atom stereocenters. The number of carbonyl (C=O) groups is 1. The van der Waals surface area contributed by atoms with Gasteiger partial charge in [0, 0.05) is 13.1 Å². The third-order valence-electron chi connectivity index (χ3n) is 4.94. The van der Waals surface area contributed by atoms with Crippen molar-refractivity contribution >= 4 is 17.4 Å². The molecule has 1 amide bonds. The Morgan fingerprint density at radius 3 is 2.10 bits per heavy atom. The van der Waals surface area contributed by atoms with E-state index in [9.17, 15) is 14.4 Å². The van der Waals surface area contributed by atoms with E-state index in [1.807, 2.05) is 6.92 Å². The van der Waals surface area contributed by atoms with E-state index in [-0.39, 0.29) is 24.0 Å². The van der Waals surface area contributed by atoms with E-state index in [2.05, 4.69) is 30.7 Å². The molecule has 8 heteroatoms. The summed E-state index contributed by atoms with van der Waals surface area (Å²) in [6.45, 7) is 11.0. The average molecular weight is 410 g/mol. The Balaban J connectivity index is 3.30. The number of H-pyrrole nitrogens is 1. The van der Waals surface area contributed by atoms with Crippen LogP contribution in [-0.2, 0) is 11.3 Å². The fourth-order valence-electron chi connectivity index (χ4n) is 3.44. The second-order valence-corrected chi connectivity index (χ2v) is 7.53. The van der Waals surface area contributed by atoms with Gasteiger partial charge in [0.2, 0.25) is 5.91 Å². The highest BCUT2D eigenvalue weighted by molar-refractivity contribution is 5.96. The van der Waals surface area contributed by atoms with Gasteiger partial charge in [-0.2, -0.15) is 0 Å². The average Bonchev–Trinajstić information content (AvgIpc) is 2.66. The molecule has 0 bridgehead atoms. The number of aromatic nitrogens is 2. The molecule has 29 heavy (non-hydrogen) atoms. The summed E-state index contributed by atoms with van der Waals surface area (Å²) in [5.74, 6) is -0.0736. The molecule has 1 heterocycles. The number of unbranched alkanes of at least 4 members (excludes halogenated alkanes) is 3. The molecule has 0 fully saturated rings. The van der Waals surface area contributed by atoms with Crippen molar-refractivity contribution < 1.29 is 4.79 Å². The molecule has 1 aromatic heterocycles. The van der Waals surface area contributed by atoms with Crippen molar-refractivity contribution in [1.82, 2.24) is 14.5 Å². The Hall–Kier alpha value is -2.09. The Labute approximate surface area is 174 Å². The Morgan fingerprint density at radius 2 is 1.55 bits per heavy atom. The molecule has 1 rings (SSSR count). The number of aromatic amines is 1. The minimum absolute atomic E-state index is 0.0783. The van der Waals surface area contributed by atoms with Crippen molar-refractivity contribution in [1.29, 1.82) is 0 Å². The minimum Gasteiger partial charge on any atom is -0.383 e. The predicted octanol–water partition coefficient (Wildman–Crippen LogP) is 2.56. The van der Waals surface area contributed by atoms with Crippen LogP contribution in [0.1, 0.15) is 72.6 Å². The standard InChI is InChI=1S/C21H39N5O3/c1-5-9-11-15-25(17(27)16-24(12-7-3)13-8-4)18-19(22)26(14-10-6-2)21(29)23-20(18)28/h5-16,22H2,1-4H3,(H,23,28,29). The number of carbonyl (C=O) groups excluding carboxylic acids is 1. The van der Waals surface area contributed by atoms with Gasteiger partial charge in [-0.25, -0.2) is 4.79 Å². The van der Waals surface area contributed by atoms with Crippen LogP contribution in [0.3, 0.4) is 0 Å². The Bertz CT molecular complexity index is 735. The van der Waals surface area contributed by atoms with Crippen LogP contribution < -0.4 is 21.9 Å². The molecule has 0 saturated heterocycles. The molecule has 1 aromatic rings. The first-order valence-electron chi connectivity index (χ1n) is 11.1. The van der Waals surface area contributed by atoms with Crippen LogP contribution in [-0.4, -0.2) is 46.5 Å². The lowest BCUT2D eigenvalue weighted by atomic mass is 10.2. The Kier molecular flexibility index (Phi) is 11.3. The summed E-state index contributed by atoms with van der Waals surface area (Å²) in [6, 6.07) is 0. The van der Waals surface area contributed by atoms with E-state index >= 15 is 0 Å². The predicted molar refractivity (Wildman–Crippen MR) is 120 cm³/mol. The third kappa shape index (κ3) is 7.34. The molecule has 0 saturated carbocycles. The van der Waals surface area contributed by atoms with Crippen molar-refractivity contribution in [3.05, 3.63) is 20.8 Å². The van der Waals surface area contributed by atoms with Crippen molar-refractivity contribution in [3.8, 4) is 0 Å². The third-order valence-corrected chi connectivity index (χ3v) is 4.94. The number of nitrogens with zero attached hydrogens (tertiary/aromatic N) is 3. The van der Waals surface area contributed by atoms with Crippen LogP contribution in [0.15, 0.2) is 9.59 Å². The van der Waals surface area contributed by atoms with E-state index in [0.717, 1.165) is 58.0 Å². The van der Waals surface area contributed by atoms with E-state index in [0.29, 0.717) is 13.1 Å². The van der Waals surface area contributed by atoms with Gasteiger partial charge in [0.25, 0.3) is 5.56 Å². The van der Waals surface area contributed by atoms with Crippen molar-refractivity contribution in [2.45, 2.75) is 79.2 Å². The maximum atomic E-state index is 13.2. The van der Waals surface area contributed by atoms with Gasteiger partial charge in [-0.3, -0.25) is 24.0 Å². The van der Waals surface area contributed by atoms with Crippen LogP contribution in [0.2, 0.25) is 0 Å². The van der Waals surface area contributed by atoms with Crippen LogP contribution in [0.4, 0.5) is 11.5 Å². The molecule has 3 N–H and O–H groups in total. The van der Waals surface area contributed by atoms with Gasteiger partial charge in [0.15, 0.2) is 5.69 Å². The van der Waals surface area contributed by atoms with Gasteiger partial charge in [0.05, 0.1) is 6.54 Å². The molecule has 0 aromatic carbocycles. The highest BCUT2D eigenvalue weighted by Crippen LogP contribution is 2.19. The fraction of sp³-hybridized carbons (Fsp3) is 0.762. The molecule has 0 spiro atoms. The summed E-state index contributed by atoms with van der Waals surface area (Å²) in [5.41, 5.74) is 5.24. The zero-order valence-electron chi connectivity index (χ0n) is 18.6. The molecule has 0 atom stereocenters. The summed E-state index contributed by atoms with van der Waals surface area (Å²) in [5, 5.41) is 0.